The van der Waals surface area contributed by atoms with Gasteiger partial charge in [0.15, 0.2) is 0 Å². The number of urea groups is 1. The van der Waals surface area contributed by atoms with Crippen molar-refractivity contribution in [2.24, 2.45) is 0 Å². The molecule has 0 radical (unpaired) electrons. The molecule has 0 spiro atoms. The lowest BCUT2D eigenvalue weighted by atomic mass is 10.0. The van der Waals surface area contributed by atoms with Gasteiger partial charge >= 0.3 is 6.03 Å². The zero-order valence-electron chi connectivity index (χ0n) is 16.1. The number of fused-ring (bicyclic) bond motifs is 1. The number of nitrogens with one attached hydrogen (secondary N) is 1. The Bertz CT molecular complexity index is 656. The molecule has 8 heteroatoms. The Morgan fingerprint density at radius 3 is 2.81 bits per heavy atom. The van der Waals surface area contributed by atoms with Crippen molar-refractivity contribution >= 4 is 11.9 Å². The number of likely N-dealkylation sites (tertiary alicyclic amines) is 1. The summed E-state index contributed by atoms with van der Waals surface area (Å²) < 4.78 is 1.94. The first-order chi connectivity index (χ1) is 12.5. The quantitative estimate of drug-likeness (QED) is 0.863. The second kappa shape index (κ2) is 8.07. The fourth-order valence-corrected chi connectivity index (χ4v) is 3.82. The second-order valence-corrected chi connectivity index (χ2v) is 7.31. The highest BCUT2D eigenvalue weighted by Gasteiger charge is 2.28. The van der Waals surface area contributed by atoms with Crippen LogP contribution >= 0.6 is 0 Å². The molecule has 1 atom stereocenters. The molecule has 1 N–H and O–H groups in total. The summed E-state index contributed by atoms with van der Waals surface area (Å²) in [5.41, 5.74) is 1.87. The molecule has 3 rings (SSSR count). The molecule has 3 amide bonds. The molecule has 2 aliphatic rings. The number of rotatable bonds is 4. The summed E-state index contributed by atoms with van der Waals surface area (Å²) in [7, 11) is 3.53. The Morgan fingerprint density at radius 1 is 1.27 bits per heavy atom. The highest BCUT2D eigenvalue weighted by molar-refractivity contribution is 5.81. The first-order valence-corrected chi connectivity index (χ1v) is 9.53. The second-order valence-electron chi connectivity index (χ2n) is 7.31. The Hall–Kier alpha value is -2.09. The van der Waals surface area contributed by atoms with Crippen molar-refractivity contribution in [3.8, 4) is 0 Å². The summed E-state index contributed by atoms with van der Waals surface area (Å²) in [6.45, 7) is 6.37. The van der Waals surface area contributed by atoms with E-state index < -0.39 is 0 Å². The minimum atomic E-state index is -0.0146. The summed E-state index contributed by atoms with van der Waals surface area (Å²) in [5, 5.41) is 7.63. The normalized spacial score (nSPS) is 20.6. The number of hydrogen-bond acceptors (Lipinski definition) is 4. The van der Waals surface area contributed by atoms with E-state index in [1.54, 1.807) is 19.0 Å². The largest absolute Gasteiger partial charge is 0.349 e. The van der Waals surface area contributed by atoms with Crippen LogP contribution in [-0.2, 0) is 24.4 Å². The third kappa shape index (κ3) is 4.00. The zero-order chi connectivity index (χ0) is 18.7. The van der Waals surface area contributed by atoms with Gasteiger partial charge in [-0.15, -0.1) is 0 Å². The van der Waals surface area contributed by atoms with Crippen LogP contribution in [0.4, 0.5) is 4.79 Å². The molecule has 0 bridgehead atoms. The van der Waals surface area contributed by atoms with Crippen molar-refractivity contribution in [3.63, 3.8) is 0 Å². The Balaban J connectivity index is 1.57. The summed E-state index contributed by atoms with van der Waals surface area (Å²) >= 11 is 0. The van der Waals surface area contributed by atoms with Crippen LogP contribution < -0.4 is 5.32 Å². The molecule has 1 fully saturated rings. The zero-order valence-corrected chi connectivity index (χ0v) is 16.1. The van der Waals surface area contributed by atoms with Crippen LogP contribution in [0.5, 0.6) is 0 Å². The summed E-state index contributed by atoms with van der Waals surface area (Å²) in [6, 6.07) is 2.00. The maximum absolute atomic E-state index is 12.6. The number of piperidine rings is 1. The lowest BCUT2D eigenvalue weighted by Gasteiger charge is -2.33. The van der Waals surface area contributed by atoms with Gasteiger partial charge in [-0.05, 0) is 32.0 Å². The van der Waals surface area contributed by atoms with Crippen molar-refractivity contribution in [2.75, 3.05) is 33.7 Å². The summed E-state index contributed by atoms with van der Waals surface area (Å²) in [4.78, 5) is 30.3. The van der Waals surface area contributed by atoms with Gasteiger partial charge in [0.05, 0.1) is 37.1 Å². The third-order valence-electron chi connectivity index (χ3n) is 5.27. The van der Waals surface area contributed by atoms with E-state index in [1.165, 1.54) is 6.42 Å². The number of likely N-dealkylation sites (N-methyl/N-ethyl adjacent to an activating group) is 1. The van der Waals surface area contributed by atoms with Crippen LogP contribution in [-0.4, -0.2) is 76.2 Å². The number of aromatic nitrogens is 2. The first-order valence-electron chi connectivity index (χ1n) is 9.53. The number of nitrogens with zero attached hydrogens (tertiary/aromatic N) is 5. The van der Waals surface area contributed by atoms with E-state index in [0.29, 0.717) is 26.2 Å². The average Bonchev–Trinajstić information content (AvgIpc) is 3.07. The van der Waals surface area contributed by atoms with Gasteiger partial charge in [-0.3, -0.25) is 14.4 Å². The molecule has 0 aromatic carbocycles. The fraction of sp³-hybridized carbons (Fsp3) is 0.722. The topological polar surface area (TPSA) is 73.7 Å². The van der Waals surface area contributed by atoms with Crippen LogP contribution in [0.2, 0.25) is 0 Å². The van der Waals surface area contributed by atoms with Gasteiger partial charge in [-0.2, -0.15) is 5.10 Å². The third-order valence-corrected chi connectivity index (χ3v) is 5.27. The standard InChI is InChI=1S/C18H30N6O2/c1-4-22-8-6-5-7-16(22)17(25)19-12-14-11-15-13-23(18(26)21(2)3)9-10-24(15)20-14/h11,16H,4-10,12-13H2,1-3H3,(H,19,25)/t16-/m1/s1. The van der Waals surface area contributed by atoms with Crippen LogP contribution in [0.3, 0.4) is 0 Å². The van der Waals surface area contributed by atoms with E-state index in [-0.39, 0.29) is 18.0 Å². The molecule has 144 valence electrons. The lowest BCUT2D eigenvalue weighted by molar-refractivity contribution is -0.127. The molecule has 1 aromatic heterocycles. The minimum absolute atomic E-state index is 0.0146. The van der Waals surface area contributed by atoms with Crippen LogP contribution in [0.15, 0.2) is 6.07 Å². The maximum Gasteiger partial charge on any atom is 0.319 e. The van der Waals surface area contributed by atoms with Crippen molar-refractivity contribution in [1.82, 2.24) is 29.8 Å². The molecule has 1 saturated heterocycles. The summed E-state index contributed by atoms with van der Waals surface area (Å²) in [5.74, 6) is 0.0990. The van der Waals surface area contributed by atoms with Crippen molar-refractivity contribution in [1.29, 1.82) is 0 Å². The smallest absolute Gasteiger partial charge is 0.319 e. The van der Waals surface area contributed by atoms with Crippen molar-refractivity contribution < 1.29 is 9.59 Å². The van der Waals surface area contributed by atoms with Gasteiger partial charge in [0.25, 0.3) is 0 Å². The van der Waals surface area contributed by atoms with Gasteiger partial charge < -0.3 is 15.1 Å². The molecule has 1 aromatic rings. The Morgan fingerprint density at radius 2 is 2.08 bits per heavy atom. The molecule has 0 saturated carbocycles. The first kappa shape index (κ1) is 18.7. The lowest BCUT2D eigenvalue weighted by Crippen LogP contribution is -2.49. The summed E-state index contributed by atoms with van der Waals surface area (Å²) in [6.07, 6.45) is 3.22. The van der Waals surface area contributed by atoms with Gasteiger partial charge in [0, 0.05) is 20.6 Å². The van der Waals surface area contributed by atoms with E-state index in [9.17, 15) is 9.59 Å². The van der Waals surface area contributed by atoms with Gasteiger partial charge in [0.2, 0.25) is 5.91 Å². The molecular formula is C18H30N6O2. The number of amides is 3. The van der Waals surface area contributed by atoms with E-state index in [2.05, 4.69) is 22.2 Å². The highest BCUT2D eigenvalue weighted by Crippen LogP contribution is 2.17. The molecule has 0 aliphatic carbocycles. The highest BCUT2D eigenvalue weighted by atomic mass is 16.2. The van der Waals surface area contributed by atoms with Gasteiger partial charge in [-0.1, -0.05) is 13.3 Å². The van der Waals surface area contributed by atoms with Crippen LogP contribution in [0, 0.1) is 0 Å². The molecule has 0 unspecified atom stereocenters. The van der Waals surface area contributed by atoms with Gasteiger partial charge in [0.1, 0.15) is 0 Å². The Labute approximate surface area is 155 Å². The monoisotopic (exact) mass is 362 g/mol. The average molecular weight is 362 g/mol. The van der Waals surface area contributed by atoms with E-state index in [0.717, 1.165) is 37.3 Å². The molecule has 3 heterocycles. The maximum atomic E-state index is 12.6. The SMILES string of the molecule is CCN1CCCC[C@@H]1C(=O)NCc1cc2n(n1)CCN(C(=O)N(C)C)C2. The molecule has 8 nitrogen and oxygen atoms in total. The Kier molecular flexibility index (Phi) is 5.80. The van der Waals surface area contributed by atoms with Crippen LogP contribution in [0.1, 0.15) is 37.6 Å². The number of carbonyl (C=O) groups excluding carboxylic acids is 2. The van der Waals surface area contributed by atoms with Gasteiger partial charge in [-0.25, -0.2) is 4.79 Å². The number of carbonyl (C=O) groups is 2. The van der Waals surface area contributed by atoms with E-state index in [4.69, 9.17) is 0 Å². The predicted molar refractivity (Wildman–Crippen MR) is 98.5 cm³/mol. The number of hydrogen-bond donors (Lipinski definition) is 1. The van der Waals surface area contributed by atoms with E-state index in [1.807, 2.05) is 15.6 Å². The molecule has 26 heavy (non-hydrogen) atoms. The predicted octanol–water partition coefficient (Wildman–Crippen LogP) is 0.871. The molecule has 2 aliphatic heterocycles. The van der Waals surface area contributed by atoms with Crippen molar-refractivity contribution in [2.45, 2.75) is 51.9 Å². The van der Waals surface area contributed by atoms with E-state index >= 15 is 0 Å². The van der Waals surface area contributed by atoms with Crippen molar-refractivity contribution in [3.05, 3.63) is 17.5 Å². The molecular weight excluding hydrogens is 332 g/mol. The fourth-order valence-electron chi connectivity index (χ4n) is 3.82. The van der Waals surface area contributed by atoms with Crippen LogP contribution in [0.25, 0.3) is 0 Å². The minimum Gasteiger partial charge on any atom is -0.349 e.